The number of nitrogens with one attached hydrogen (secondary N) is 2. The van der Waals surface area contributed by atoms with E-state index in [2.05, 4.69) is 30.6 Å². The maximum absolute atomic E-state index is 15.6. The number of fused-ring (bicyclic) bond motifs is 1. The van der Waals surface area contributed by atoms with E-state index in [1.165, 1.54) is 27.7 Å². The highest BCUT2D eigenvalue weighted by Crippen LogP contribution is 2.36. The highest BCUT2D eigenvalue weighted by atomic mass is 35.5. The average molecular weight is 710 g/mol. The Hall–Kier alpha value is -4.18. The third-order valence-corrected chi connectivity index (χ3v) is 11.7. The van der Waals surface area contributed by atoms with Gasteiger partial charge in [-0.25, -0.2) is 27.6 Å². The van der Waals surface area contributed by atoms with E-state index in [9.17, 15) is 18.0 Å². The number of benzene rings is 2. The molecule has 2 aromatic carbocycles. The summed E-state index contributed by atoms with van der Waals surface area (Å²) in [4.78, 5) is 36.3. The SMILES string of the molecule is Cn1nc(N2CCC(=O)NC2=O)c2cc(F)c(C3CCN(Cc4cccc(S(=O)(=O)N5CCC(Nc6ncc(Cl)cn6)CC5)c4)CC3)cc21. The smallest absolute Gasteiger partial charge is 0.329 e. The number of halogens is 2. The number of imide groups is 1. The van der Waals surface area contributed by atoms with Gasteiger partial charge < -0.3 is 5.32 Å². The highest BCUT2D eigenvalue weighted by molar-refractivity contribution is 7.89. The first-order chi connectivity index (χ1) is 23.5. The monoisotopic (exact) mass is 709 g/mol. The molecule has 7 rings (SSSR count). The summed E-state index contributed by atoms with van der Waals surface area (Å²) in [5.74, 6) is 0.125. The van der Waals surface area contributed by atoms with E-state index in [0.29, 0.717) is 65.7 Å². The Morgan fingerprint density at radius 1 is 1.00 bits per heavy atom. The summed E-state index contributed by atoms with van der Waals surface area (Å²) in [6.07, 6.45) is 5.95. The summed E-state index contributed by atoms with van der Waals surface area (Å²) >= 11 is 5.87. The van der Waals surface area contributed by atoms with Crippen molar-refractivity contribution in [2.24, 2.45) is 7.05 Å². The lowest BCUT2D eigenvalue weighted by molar-refractivity contribution is -0.120. The van der Waals surface area contributed by atoms with Crippen LogP contribution in [0, 0.1) is 5.82 Å². The zero-order valence-corrected chi connectivity index (χ0v) is 28.6. The molecule has 49 heavy (non-hydrogen) atoms. The number of urea groups is 1. The Balaban J connectivity index is 0.964. The van der Waals surface area contributed by atoms with E-state index >= 15 is 4.39 Å². The summed E-state index contributed by atoms with van der Waals surface area (Å²) < 4.78 is 45.9. The van der Waals surface area contributed by atoms with E-state index in [1.807, 2.05) is 12.1 Å². The summed E-state index contributed by atoms with van der Waals surface area (Å²) in [6, 6.07) is 9.93. The molecule has 258 valence electrons. The van der Waals surface area contributed by atoms with Gasteiger partial charge in [-0.05, 0) is 80.1 Å². The molecule has 0 unspecified atom stereocenters. The molecule has 3 aliphatic heterocycles. The Labute approximate surface area is 288 Å². The molecular formula is C33H37ClFN9O4S. The Morgan fingerprint density at radius 2 is 1.73 bits per heavy atom. The summed E-state index contributed by atoms with van der Waals surface area (Å²) in [6.45, 7) is 3.03. The van der Waals surface area contributed by atoms with Crippen LogP contribution in [-0.2, 0) is 28.4 Å². The third-order valence-electron chi connectivity index (χ3n) is 9.64. The van der Waals surface area contributed by atoms with Gasteiger partial charge in [0.25, 0.3) is 0 Å². The van der Waals surface area contributed by atoms with Gasteiger partial charge in [0.15, 0.2) is 5.82 Å². The molecular weight excluding hydrogens is 673 g/mol. The van der Waals surface area contributed by atoms with Gasteiger partial charge in [-0.3, -0.25) is 24.6 Å². The molecule has 0 bridgehead atoms. The zero-order chi connectivity index (χ0) is 34.3. The van der Waals surface area contributed by atoms with E-state index in [0.717, 1.165) is 31.5 Å². The topological polar surface area (TPSA) is 146 Å². The molecule has 0 atom stereocenters. The van der Waals surface area contributed by atoms with Crippen molar-refractivity contribution in [1.82, 2.24) is 34.3 Å². The van der Waals surface area contributed by atoms with Crippen LogP contribution in [0.4, 0.5) is 21.0 Å². The van der Waals surface area contributed by atoms with Crippen LogP contribution in [0.15, 0.2) is 53.7 Å². The number of aryl methyl sites for hydroxylation is 1. The Bertz CT molecular complexity index is 1990. The minimum Gasteiger partial charge on any atom is -0.351 e. The maximum Gasteiger partial charge on any atom is 0.329 e. The van der Waals surface area contributed by atoms with Gasteiger partial charge in [0.2, 0.25) is 21.9 Å². The van der Waals surface area contributed by atoms with Crippen molar-refractivity contribution in [1.29, 1.82) is 0 Å². The van der Waals surface area contributed by atoms with Crippen LogP contribution in [-0.4, -0.2) is 88.1 Å². The molecule has 0 radical (unpaired) electrons. The molecule has 0 spiro atoms. The second-order valence-electron chi connectivity index (χ2n) is 12.8. The fourth-order valence-corrected chi connectivity index (χ4v) is 8.61. The van der Waals surface area contributed by atoms with E-state index in [1.54, 1.807) is 29.9 Å². The predicted molar refractivity (Wildman–Crippen MR) is 182 cm³/mol. The molecule has 0 aliphatic carbocycles. The number of aromatic nitrogens is 4. The number of likely N-dealkylation sites (tertiary alicyclic amines) is 1. The second kappa shape index (κ2) is 13.6. The van der Waals surface area contributed by atoms with Gasteiger partial charge in [0, 0.05) is 51.1 Å². The molecule has 0 saturated carbocycles. The number of amides is 3. The first-order valence-corrected chi connectivity index (χ1v) is 18.2. The Morgan fingerprint density at radius 3 is 2.45 bits per heavy atom. The first-order valence-electron chi connectivity index (χ1n) is 16.4. The molecule has 3 fully saturated rings. The van der Waals surface area contributed by atoms with Crippen molar-refractivity contribution in [3.8, 4) is 0 Å². The van der Waals surface area contributed by atoms with Crippen LogP contribution in [0.3, 0.4) is 0 Å². The summed E-state index contributed by atoms with van der Waals surface area (Å²) in [7, 11) is -1.90. The minimum absolute atomic E-state index is 0.00490. The zero-order valence-electron chi connectivity index (χ0n) is 27.0. The average Bonchev–Trinajstić information content (AvgIpc) is 3.40. The normalized spacial score (nSPS) is 19.0. The fourth-order valence-electron chi connectivity index (χ4n) is 6.98. The van der Waals surface area contributed by atoms with Gasteiger partial charge in [0.05, 0.1) is 27.8 Å². The quantitative estimate of drug-likeness (QED) is 0.274. The van der Waals surface area contributed by atoms with Crippen molar-refractivity contribution < 1.29 is 22.4 Å². The molecule has 4 aromatic rings. The number of carbonyl (C=O) groups is 2. The third kappa shape index (κ3) is 6.98. The van der Waals surface area contributed by atoms with Crippen molar-refractivity contribution in [3.63, 3.8) is 0 Å². The first kappa shape index (κ1) is 33.3. The molecule has 3 saturated heterocycles. The number of hydrogen-bond acceptors (Lipinski definition) is 9. The Kier molecular flexibility index (Phi) is 9.26. The van der Waals surface area contributed by atoms with Crippen molar-refractivity contribution >= 4 is 56.2 Å². The van der Waals surface area contributed by atoms with E-state index < -0.39 is 16.1 Å². The van der Waals surface area contributed by atoms with Gasteiger partial charge in [0.1, 0.15) is 5.82 Å². The number of rotatable bonds is 8. The number of hydrogen-bond donors (Lipinski definition) is 2. The van der Waals surface area contributed by atoms with Crippen molar-refractivity contribution in [2.75, 3.05) is 42.9 Å². The molecule has 2 N–H and O–H groups in total. The van der Waals surface area contributed by atoms with E-state index in [4.69, 9.17) is 11.6 Å². The predicted octanol–water partition coefficient (Wildman–Crippen LogP) is 4.25. The highest BCUT2D eigenvalue weighted by Gasteiger charge is 2.32. The molecule has 16 heteroatoms. The van der Waals surface area contributed by atoms with E-state index in [-0.39, 0.29) is 41.5 Å². The van der Waals surface area contributed by atoms with Gasteiger partial charge in [-0.1, -0.05) is 23.7 Å². The largest absolute Gasteiger partial charge is 0.351 e. The van der Waals surface area contributed by atoms with Crippen LogP contribution < -0.4 is 15.5 Å². The summed E-state index contributed by atoms with van der Waals surface area (Å²) in [5, 5.41) is 11.0. The number of anilines is 2. The van der Waals surface area contributed by atoms with Crippen molar-refractivity contribution in [3.05, 3.63) is 70.8 Å². The van der Waals surface area contributed by atoms with Gasteiger partial charge >= 0.3 is 6.03 Å². The molecule has 2 aromatic heterocycles. The fraction of sp³-hybridized carbons (Fsp3) is 0.424. The van der Waals surface area contributed by atoms with Crippen molar-refractivity contribution in [2.45, 2.75) is 55.5 Å². The minimum atomic E-state index is -3.66. The lowest BCUT2D eigenvalue weighted by atomic mass is 9.88. The van der Waals surface area contributed by atoms with Crippen LogP contribution in [0.5, 0.6) is 0 Å². The van der Waals surface area contributed by atoms with Crippen LogP contribution in [0.25, 0.3) is 10.9 Å². The molecule has 13 nitrogen and oxygen atoms in total. The second-order valence-corrected chi connectivity index (χ2v) is 15.2. The van der Waals surface area contributed by atoms with Crippen LogP contribution in [0.1, 0.15) is 49.1 Å². The van der Waals surface area contributed by atoms with Crippen LogP contribution >= 0.6 is 11.6 Å². The number of piperidine rings is 2. The maximum atomic E-state index is 15.6. The number of nitrogens with zero attached hydrogens (tertiary/aromatic N) is 7. The molecule has 3 amide bonds. The standard InChI is InChI=1S/C33H37ClFN9O4S/c1-41-29-17-26(28(35)16-27(29)31(40-41)44-14-9-30(45)39-33(44)46)22-5-10-42(11-6-22)20-21-3-2-4-25(15-21)49(47,48)43-12-7-24(8-13-43)38-32-36-18-23(34)19-37-32/h2-4,15-19,22,24H,5-14,20H2,1H3,(H,36,37,38)(H,39,45,46). The number of sulfonamides is 1. The molecule has 3 aliphatic rings. The van der Waals surface area contributed by atoms with Gasteiger partial charge in [-0.15, -0.1) is 0 Å². The lowest BCUT2D eigenvalue weighted by Crippen LogP contribution is -2.49. The number of carbonyl (C=O) groups excluding carboxylic acids is 2. The van der Waals surface area contributed by atoms with Gasteiger partial charge in [-0.2, -0.15) is 9.40 Å². The van der Waals surface area contributed by atoms with Crippen LogP contribution in [0.2, 0.25) is 5.02 Å². The molecule has 5 heterocycles. The summed E-state index contributed by atoms with van der Waals surface area (Å²) in [5.41, 5.74) is 2.25. The lowest BCUT2D eigenvalue weighted by Gasteiger charge is -2.33.